The van der Waals surface area contributed by atoms with E-state index in [9.17, 15) is 24.6 Å². The van der Waals surface area contributed by atoms with Crippen LogP contribution in [0.25, 0.3) is 0 Å². The van der Waals surface area contributed by atoms with Crippen LogP contribution in [0, 0.1) is 0 Å². The SMILES string of the molecule is CCOc1cc2c(cc1C(=O)NC[C@@H](O)C1Cc3ccccc3CN1C(=O)O)CN(Cc1ccncc1)C2=O. The molecule has 1 unspecified atom stereocenters. The highest BCUT2D eigenvalue weighted by atomic mass is 16.5. The van der Waals surface area contributed by atoms with E-state index in [1.54, 1.807) is 36.4 Å². The van der Waals surface area contributed by atoms with Crippen LogP contribution in [0.15, 0.2) is 60.9 Å². The predicted octanol–water partition coefficient (Wildman–Crippen LogP) is 2.83. The number of nitrogens with one attached hydrogen (secondary N) is 1. The van der Waals surface area contributed by atoms with Gasteiger partial charge in [0.25, 0.3) is 11.8 Å². The van der Waals surface area contributed by atoms with Crippen molar-refractivity contribution in [3.8, 4) is 5.75 Å². The summed E-state index contributed by atoms with van der Waals surface area (Å²) in [5.41, 5.74) is 4.28. The highest BCUT2D eigenvalue weighted by molar-refractivity contribution is 6.03. The highest BCUT2D eigenvalue weighted by Gasteiger charge is 2.35. The number of hydrogen-bond acceptors (Lipinski definition) is 6. The molecule has 0 bridgehead atoms. The first-order valence-corrected chi connectivity index (χ1v) is 12.9. The minimum atomic E-state index is -1.13. The number of ether oxygens (including phenoxy) is 1. The second-order valence-electron chi connectivity index (χ2n) is 9.68. The molecule has 0 saturated heterocycles. The van der Waals surface area contributed by atoms with Gasteiger partial charge < -0.3 is 25.2 Å². The minimum absolute atomic E-state index is 0.142. The Morgan fingerprint density at radius 2 is 1.85 bits per heavy atom. The molecular weight excluding hydrogens is 500 g/mol. The van der Waals surface area contributed by atoms with Gasteiger partial charge in [0, 0.05) is 44.1 Å². The van der Waals surface area contributed by atoms with Gasteiger partial charge in [-0.2, -0.15) is 0 Å². The van der Waals surface area contributed by atoms with Crippen molar-refractivity contribution in [2.24, 2.45) is 0 Å². The van der Waals surface area contributed by atoms with Gasteiger partial charge in [-0.05, 0) is 59.9 Å². The highest BCUT2D eigenvalue weighted by Crippen LogP contribution is 2.32. The maximum atomic E-state index is 13.3. The summed E-state index contributed by atoms with van der Waals surface area (Å²) in [5, 5.41) is 23.4. The van der Waals surface area contributed by atoms with Crippen molar-refractivity contribution in [1.82, 2.24) is 20.1 Å². The zero-order valence-electron chi connectivity index (χ0n) is 21.5. The molecule has 3 aromatic rings. The monoisotopic (exact) mass is 530 g/mol. The second-order valence-corrected chi connectivity index (χ2v) is 9.68. The molecule has 202 valence electrons. The summed E-state index contributed by atoms with van der Waals surface area (Å²) in [6.45, 7) is 2.87. The Balaban J connectivity index is 1.31. The summed E-state index contributed by atoms with van der Waals surface area (Å²) in [5.74, 6) is -0.337. The molecule has 1 aromatic heterocycles. The molecule has 3 heterocycles. The number of fused-ring (bicyclic) bond motifs is 2. The molecule has 2 aliphatic heterocycles. The zero-order valence-corrected chi connectivity index (χ0v) is 21.5. The molecule has 0 spiro atoms. The number of rotatable bonds is 8. The fraction of sp³-hybridized carbons (Fsp3) is 0.310. The maximum Gasteiger partial charge on any atom is 0.407 e. The van der Waals surface area contributed by atoms with Crippen molar-refractivity contribution in [2.45, 2.75) is 45.1 Å². The Labute approximate surface area is 225 Å². The first-order chi connectivity index (χ1) is 18.9. The van der Waals surface area contributed by atoms with Crippen LogP contribution in [0.2, 0.25) is 0 Å². The third-order valence-corrected chi connectivity index (χ3v) is 7.20. The Hall–Kier alpha value is -4.44. The summed E-state index contributed by atoms with van der Waals surface area (Å²) < 4.78 is 5.71. The Morgan fingerprint density at radius 1 is 1.10 bits per heavy atom. The summed E-state index contributed by atoms with van der Waals surface area (Å²) >= 11 is 0. The average Bonchev–Trinajstić information content (AvgIpc) is 3.24. The zero-order chi connectivity index (χ0) is 27.5. The van der Waals surface area contributed by atoms with Gasteiger partial charge in [0.15, 0.2) is 0 Å². The molecule has 0 radical (unpaired) electrons. The van der Waals surface area contributed by atoms with Gasteiger partial charge in [0.1, 0.15) is 5.75 Å². The van der Waals surface area contributed by atoms with Crippen LogP contribution in [-0.4, -0.2) is 68.2 Å². The lowest BCUT2D eigenvalue weighted by molar-refractivity contribution is 0.0382. The molecule has 2 aliphatic rings. The number of aliphatic hydroxyl groups is 1. The predicted molar refractivity (Wildman–Crippen MR) is 141 cm³/mol. The number of hydrogen-bond donors (Lipinski definition) is 3. The molecule has 2 aromatic carbocycles. The third-order valence-electron chi connectivity index (χ3n) is 7.20. The van der Waals surface area contributed by atoms with E-state index >= 15 is 0 Å². The number of benzene rings is 2. The molecular formula is C29H30N4O6. The molecule has 0 fully saturated rings. The van der Waals surface area contributed by atoms with Crippen LogP contribution in [0.3, 0.4) is 0 Å². The summed E-state index contributed by atoms with van der Waals surface area (Å²) in [7, 11) is 0. The number of nitrogens with zero attached hydrogens (tertiary/aromatic N) is 3. The van der Waals surface area contributed by atoms with E-state index in [1.165, 1.54) is 4.90 Å². The summed E-state index contributed by atoms with van der Waals surface area (Å²) in [4.78, 5) is 45.2. The third kappa shape index (κ3) is 5.42. The molecule has 2 atom stereocenters. The van der Waals surface area contributed by atoms with Crippen molar-refractivity contribution in [1.29, 1.82) is 0 Å². The van der Waals surface area contributed by atoms with Crippen molar-refractivity contribution in [3.63, 3.8) is 0 Å². The Morgan fingerprint density at radius 3 is 2.56 bits per heavy atom. The number of pyridine rings is 1. The maximum absolute atomic E-state index is 13.3. The quantitative estimate of drug-likeness (QED) is 0.408. The van der Waals surface area contributed by atoms with Crippen LogP contribution >= 0.6 is 0 Å². The Bertz CT molecular complexity index is 1400. The lowest BCUT2D eigenvalue weighted by atomic mass is 9.91. The molecule has 3 N–H and O–H groups in total. The number of aliphatic hydroxyl groups excluding tert-OH is 1. The fourth-order valence-corrected chi connectivity index (χ4v) is 5.22. The van der Waals surface area contributed by atoms with Crippen LogP contribution < -0.4 is 10.1 Å². The number of amides is 3. The van der Waals surface area contributed by atoms with Gasteiger partial charge in [-0.1, -0.05) is 24.3 Å². The summed E-state index contributed by atoms with van der Waals surface area (Å²) in [6, 6.07) is 13.8. The molecule has 3 amide bonds. The largest absolute Gasteiger partial charge is 0.493 e. The topological polar surface area (TPSA) is 132 Å². The lowest BCUT2D eigenvalue weighted by Crippen LogP contribution is -2.53. The number of carbonyl (C=O) groups is 3. The number of carbonyl (C=O) groups excluding carboxylic acids is 2. The average molecular weight is 531 g/mol. The number of aromatic nitrogens is 1. The van der Waals surface area contributed by atoms with E-state index in [0.717, 1.165) is 16.7 Å². The molecule has 0 saturated carbocycles. The van der Waals surface area contributed by atoms with Gasteiger partial charge in [0.2, 0.25) is 0 Å². The van der Waals surface area contributed by atoms with E-state index in [1.807, 2.05) is 36.4 Å². The second kappa shape index (κ2) is 11.1. The van der Waals surface area contributed by atoms with Gasteiger partial charge >= 0.3 is 6.09 Å². The van der Waals surface area contributed by atoms with E-state index in [4.69, 9.17) is 4.74 Å². The van der Waals surface area contributed by atoms with Crippen LogP contribution in [0.4, 0.5) is 4.79 Å². The first-order valence-electron chi connectivity index (χ1n) is 12.9. The summed E-state index contributed by atoms with van der Waals surface area (Å²) in [6.07, 6.45) is 1.45. The minimum Gasteiger partial charge on any atom is -0.493 e. The van der Waals surface area contributed by atoms with Gasteiger partial charge in [-0.3, -0.25) is 19.5 Å². The van der Waals surface area contributed by atoms with Gasteiger partial charge in [-0.15, -0.1) is 0 Å². The standard InChI is InChI=1S/C29H30N4O6/c1-2-39-26-13-22-21(16-32(28(22)36)15-18-7-9-30-10-8-18)11-23(26)27(35)31-14-25(34)24-12-19-5-3-4-6-20(19)17-33(24)29(37)38/h3-11,13,24-25,34H,2,12,14-17H2,1H3,(H,31,35)(H,37,38)/t24?,25-/m1/s1. The Kier molecular flexibility index (Phi) is 7.47. The lowest BCUT2D eigenvalue weighted by Gasteiger charge is -2.37. The molecule has 10 heteroatoms. The number of carboxylic acid groups (broad SMARTS) is 1. The van der Waals surface area contributed by atoms with Crippen LogP contribution in [-0.2, 0) is 26.1 Å². The normalized spacial score (nSPS) is 16.9. The van der Waals surface area contributed by atoms with Crippen molar-refractivity contribution in [3.05, 3.63) is 94.3 Å². The van der Waals surface area contributed by atoms with Crippen LogP contribution in [0.1, 0.15) is 49.9 Å². The van der Waals surface area contributed by atoms with Crippen molar-refractivity contribution >= 4 is 17.9 Å². The van der Waals surface area contributed by atoms with Crippen LogP contribution in [0.5, 0.6) is 5.75 Å². The first kappa shape index (κ1) is 26.2. The van der Waals surface area contributed by atoms with Gasteiger partial charge in [-0.25, -0.2) is 4.79 Å². The van der Waals surface area contributed by atoms with E-state index < -0.39 is 24.1 Å². The molecule has 0 aliphatic carbocycles. The smallest absolute Gasteiger partial charge is 0.407 e. The van der Waals surface area contributed by atoms with Gasteiger partial charge in [0.05, 0.1) is 24.3 Å². The van der Waals surface area contributed by atoms with E-state index in [-0.39, 0.29) is 30.3 Å². The fourth-order valence-electron chi connectivity index (χ4n) is 5.22. The van der Waals surface area contributed by atoms with E-state index in [0.29, 0.717) is 37.2 Å². The molecule has 10 nitrogen and oxygen atoms in total. The van der Waals surface area contributed by atoms with Crippen molar-refractivity contribution in [2.75, 3.05) is 13.2 Å². The molecule has 5 rings (SSSR count). The van der Waals surface area contributed by atoms with E-state index in [2.05, 4.69) is 10.3 Å². The molecule has 39 heavy (non-hydrogen) atoms. The van der Waals surface area contributed by atoms with Crippen molar-refractivity contribution < 1.29 is 29.3 Å².